The number of methoxy groups -OCH3 is 1. The van der Waals surface area contributed by atoms with Crippen molar-refractivity contribution in [2.75, 3.05) is 7.11 Å². The monoisotopic (exact) mass is 257 g/mol. The number of rotatable bonds is 2. The third-order valence-electron chi connectivity index (χ3n) is 2.08. The van der Waals surface area contributed by atoms with Gasteiger partial charge in [-0.1, -0.05) is 0 Å². The maximum atomic E-state index is 13.6. The third kappa shape index (κ3) is 2.84. The summed E-state index contributed by atoms with van der Waals surface area (Å²) in [7, 11) is 1.33. The lowest BCUT2D eigenvalue weighted by Gasteiger charge is -2.08. The van der Waals surface area contributed by atoms with Crippen LogP contribution in [0.3, 0.4) is 0 Å². The van der Waals surface area contributed by atoms with Gasteiger partial charge in [0.15, 0.2) is 17.6 Å². The van der Waals surface area contributed by atoms with Gasteiger partial charge in [-0.05, 0) is 6.92 Å². The number of guanidine groups is 2. The van der Waals surface area contributed by atoms with E-state index in [1.165, 1.54) is 20.1 Å². The first-order valence-electron chi connectivity index (χ1n) is 4.83. The highest BCUT2D eigenvalue weighted by Gasteiger charge is 2.16. The van der Waals surface area contributed by atoms with Crippen LogP contribution in [0.4, 0.5) is 14.5 Å². The van der Waals surface area contributed by atoms with Gasteiger partial charge in [0.25, 0.3) is 0 Å². The molecule has 0 aliphatic carbocycles. The van der Waals surface area contributed by atoms with Gasteiger partial charge in [-0.2, -0.15) is 4.99 Å². The van der Waals surface area contributed by atoms with E-state index in [2.05, 4.69) is 9.98 Å². The van der Waals surface area contributed by atoms with Gasteiger partial charge in [-0.25, -0.2) is 13.8 Å². The maximum absolute atomic E-state index is 13.6. The normalized spacial score (nSPS) is 11.2. The summed E-state index contributed by atoms with van der Waals surface area (Å²) < 4.78 is 32.0. The molecule has 1 aromatic carbocycles. The Balaban J connectivity index is 3.34. The first-order chi connectivity index (χ1) is 8.36. The third-order valence-corrected chi connectivity index (χ3v) is 2.08. The van der Waals surface area contributed by atoms with Crippen molar-refractivity contribution in [3.05, 3.63) is 23.3 Å². The molecule has 98 valence electrons. The molecule has 1 aromatic rings. The minimum atomic E-state index is -1.15. The van der Waals surface area contributed by atoms with Crippen LogP contribution in [0.25, 0.3) is 0 Å². The molecule has 8 heteroatoms. The molecule has 0 aromatic heterocycles. The first kappa shape index (κ1) is 13.7. The Kier molecular flexibility index (Phi) is 4.03. The molecule has 0 amide bonds. The predicted molar refractivity (Wildman–Crippen MR) is 64.7 cm³/mol. The smallest absolute Gasteiger partial charge is 0.223 e. The zero-order chi connectivity index (χ0) is 13.9. The molecule has 6 N–H and O–H groups in total. The molecule has 0 saturated carbocycles. The fraction of sp³-hybridized carbons (Fsp3) is 0.200. The van der Waals surface area contributed by atoms with Gasteiger partial charge in [0.05, 0.1) is 7.11 Å². The number of nitrogens with two attached hydrogens (primary N) is 3. The average molecular weight is 257 g/mol. The Bertz CT molecular complexity index is 523. The number of halogens is 2. The Labute approximate surface area is 102 Å². The topological polar surface area (TPSA) is 112 Å². The van der Waals surface area contributed by atoms with E-state index in [9.17, 15) is 8.78 Å². The van der Waals surface area contributed by atoms with E-state index in [-0.39, 0.29) is 28.9 Å². The zero-order valence-electron chi connectivity index (χ0n) is 9.87. The van der Waals surface area contributed by atoms with Crippen LogP contribution < -0.4 is 21.9 Å². The highest BCUT2D eigenvalue weighted by Crippen LogP contribution is 2.30. The molecule has 0 fully saturated rings. The first-order valence-corrected chi connectivity index (χ1v) is 4.83. The summed E-state index contributed by atoms with van der Waals surface area (Å²) in [5.41, 5.74) is 15.2. The zero-order valence-corrected chi connectivity index (χ0v) is 9.87. The molecule has 0 spiro atoms. The summed E-state index contributed by atoms with van der Waals surface area (Å²) in [4.78, 5) is 6.95. The van der Waals surface area contributed by atoms with E-state index in [0.29, 0.717) is 0 Å². The van der Waals surface area contributed by atoms with Gasteiger partial charge in [-0.3, -0.25) is 0 Å². The number of benzene rings is 1. The van der Waals surface area contributed by atoms with Crippen LogP contribution in [0.1, 0.15) is 5.56 Å². The second kappa shape index (κ2) is 5.30. The SMILES string of the molecule is COc1cc(N=C(N)N=C(N)N)c(F)c(F)c1C. The standard InChI is InChI=1S/C10H13F2N5O/c1-4-6(18-2)3-5(8(12)7(4)11)16-10(15)17-9(13)14/h3H,1-2H3,(H6,13,14,15,16,17). The molecule has 0 saturated heterocycles. The van der Waals surface area contributed by atoms with E-state index >= 15 is 0 Å². The van der Waals surface area contributed by atoms with Crippen LogP contribution in [-0.4, -0.2) is 19.0 Å². The lowest BCUT2D eigenvalue weighted by atomic mass is 10.2. The van der Waals surface area contributed by atoms with Crippen LogP contribution >= 0.6 is 0 Å². The van der Waals surface area contributed by atoms with Crippen molar-refractivity contribution in [3.63, 3.8) is 0 Å². The molecule has 0 atom stereocenters. The molecule has 0 radical (unpaired) electrons. The van der Waals surface area contributed by atoms with Gasteiger partial charge in [0.2, 0.25) is 5.96 Å². The van der Waals surface area contributed by atoms with E-state index in [1.54, 1.807) is 0 Å². The van der Waals surface area contributed by atoms with Crippen LogP contribution in [0.15, 0.2) is 16.1 Å². The summed E-state index contributed by atoms with van der Waals surface area (Å²) in [5.74, 6) is -2.80. The number of hydrogen-bond acceptors (Lipinski definition) is 2. The number of hydrogen-bond donors (Lipinski definition) is 3. The average Bonchev–Trinajstić information content (AvgIpc) is 2.29. The van der Waals surface area contributed by atoms with Gasteiger partial charge < -0.3 is 21.9 Å². The molecule has 6 nitrogen and oxygen atoms in total. The van der Waals surface area contributed by atoms with Gasteiger partial charge in [0.1, 0.15) is 11.4 Å². The van der Waals surface area contributed by atoms with Crippen molar-refractivity contribution in [3.8, 4) is 5.75 Å². The van der Waals surface area contributed by atoms with Crippen molar-refractivity contribution < 1.29 is 13.5 Å². The van der Waals surface area contributed by atoms with E-state index in [1.807, 2.05) is 0 Å². The van der Waals surface area contributed by atoms with E-state index in [4.69, 9.17) is 21.9 Å². The van der Waals surface area contributed by atoms with E-state index in [0.717, 1.165) is 0 Å². The van der Waals surface area contributed by atoms with Crippen LogP contribution in [0, 0.1) is 18.6 Å². The highest BCUT2D eigenvalue weighted by molar-refractivity contribution is 5.93. The summed E-state index contributed by atoms with van der Waals surface area (Å²) in [6.07, 6.45) is 0. The molecular weight excluding hydrogens is 244 g/mol. The summed E-state index contributed by atoms with van der Waals surface area (Å²) in [6, 6.07) is 1.20. The molecule has 0 heterocycles. The molecular formula is C10H13F2N5O. The lowest BCUT2D eigenvalue weighted by Crippen LogP contribution is -2.26. The fourth-order valence-electron chi connectivity index (χ4n) is 1.26. The molecule has 0 aliphatic heterocycles. The van der Waals surface area contributed by atoms with Crippen molar-refractivity contribution in [1.29, 1.82) is 0 Å². The van der Waals surface area contributed by atoms with Crippen LogP contribution in [0.5, 0.6) is 5.75 Å². The van der Waals surface area contributed by atoms with Crippen molar-refractivity contribution in [1.82, 2.24) is 0 Å². The predicted octanol–water partition coefficient (Wildman–Crippen LogP) is 0.501. The second-order valence-electron chi connectivity index (χ2n) is 3.36. The fourth-order valence-corrected chi connectivity index (χ4v) is 1.26. The molecule has 18 heavy (non-hydrogen) atoms. The van der Waals surface area contributed by atoms with Gasteiger partial charge in [-0.15, -0.1) is 0 Å². The molecule has 0 bridgehead atoms. The Morgan fingerprint density at radius 1 is 1.22 bits per heavy atom. The Morgan fingerprint density at radius 3 is 2.33 bits per heavy atom. The number of nitrogens with zero attached hydrogens (tertiary/aromatic N) is 2. The quantitative estimate of drug-likeness (QED) is 0.529. The van der Waals surface area contributed by atoms with Gasteiger partial charge in [0, 0.05) is 11.6 Å². The molecule has 0 aliphatic rings. The van der Waals surface area contributed by atoms with Crippen molar-refractivity contribution in [2.24, 2.45) is 27.2 Å². The number of ether oxygens (including phenoxy) is 1. The maximum Gasteiger partial charge on any atom is 0.223 e. The van der Waals surface area contributed by atoms with Crippen molar-refractivity contribution in [2.45, 2.75) is 6.92 Å². The summed E-state index contributed by atoms with van der Waals surface area (Å²) in [5, 5.41) is 0. The molecule has 1 rings (SSSR count). The van der Waals surface area contributed by atoms with Crippen molar-refractivity contribution >= 4 is 17.6 Å². The molecule has 0 unspecified atom stereocenters. The minimum Gasteiger partial charge on any atom is -0.496 e. The van der Waals surface area contributed by atoms with Gasteiger partial charge >= 0.3 is 0 Å². The summed E-state index contributed by atoms with van der Waals surface area (Å²) in [6.45, 7) is 1.38. The minimum absolute atomic E-state index is 0.0364. The highest BCUT2D eigenvalue weighted by atomic mass is 19.2. The summed E-state index contributed by atoms with van der Waals surface area (Å²) >= 11 is 0. The number of aliphatic imine (C=N–C) groups is 2. The Hall–Kier alpha value is -2.38. The second-order valence-corrected chi connectivity index (χ2v) is 3.36. The van der Waals surface area contributed by atoms with E-state index < -0.39 is 11.6 Å². The lowest BCUT2D eigenvalue weighted by molar-refractivity contribution is 0.402. The Morgan fingerprint density at radius 2 is 1.83 bits per heavy atom. The van der Waals surface area contributed by atoms with Crippen LogP contribution in [-0.2, 0) is 0 Å². The van der Waals surface area contributed by atoms with Crippen LogP contribution in [0.2, 0.25) is 0 Å². The largest absolute Gasteiger partial charge is 0.496 e.